The molecule has 0 aromatic heterocycles. The first kappa shape index (κ1) is 20.8. The zero-order valence-electron chi connectivity index (χ0n) is 17.6. The highest BCUT2D eigenvalue weighted by Crippen LogP contribution is 2.31. The van der Waals surface area contributed by atoms with Crippen molar-refractivity contribution in [3.63, 3.8) is 0 Å². The van der Waals surface area contributed by atoms with Gasteiger partial charge in [0.25, 0.3) is 11.8 Å². The first-order valence-corrected chi connectivity index (χ1v) is 10.6. The fourth-order valence-electron chi connectivity index (χ4n) is 4.29. The van der Waals surface area contributed by atoms with Crippen molar-refractivity contribution < 1.29 is 19.3 Å². The minimum atomic E-state index is -1.16. The third-order valence-electron chi connectivity index (χ3n) is 6.07. The number of imide groups is 1. The number of benzene rings is 2. The van der Waals surface area contributed by atoms with E-state index >= 15 is 0 Å². The first-order valence-electron chi connectivity index (χ1n) is 10.6. The average molecular weight is 420 g/mol. The van der Waals surface area contributed by atoms with Crippen molar-refractivity contribution in [3.8, 4) is 0 Å². The summed E-state index contributed by atoms with van der Waals surface area (Å²) >= 11 is 0. The van der Waals surface area contributed by atoms with Crippen molar-refractivity contribution in [2.24, 2.45) is 0 Å². The summed E-state index contributed by atoms with van der Waals surface area (Å²) in [5, 5.41) is 3.60. The molecule has 4 rings (SSSR count). The highest BCUT2D eigenvalue weighted by atomic mass is 16.2. The van der Waals surface area contributed by atoms with Gasteiger partial charge in [-0.25, -0.2) is 4.79 Å². The van der Waals surface area contributed by atoms with Crippen LogP contribution in [0, 0.1) is 0 Å². The molecule has 7 heteroatoms. The number of nitrogens with zero attached hydrogens (tertiary/aromatic N) is 1. The van der Waals surface area contributed by atoms with Gasteiger partial charge in [0, 0.05) is 6.42 Å². The number of hydrogen-bond acceptors (Lipinski definition) is 3. The second-order valence-corrected chi connectivity index (χ2v) is 7.96. The highest BCUT2D eigenvalue weighted by Gasteiger charge is 2.52. The Morgan fingerprint density at radius 3 is 2.39 bits per heavy atom. The summed E-state index contributed by atoms with van der Waals surface area (Å²) in [7, 11) is 0. The van der Waals surface area contributed by atoms with Crippen LogP contribution < -0.4 is 15.6 Å². The van der Waals surface area contributed by atoms with Gasteiger partial charge in [-0.15, -0.1) is 0 Å². The van der Waals surface area contributed by atoms with Gasteiger partial charge in [-0.3, -0.25) is 15.0 Å². The van der Waals surface area contributed by atoms with Crippen LogP contribution in [0.2, 0.25) is 0 Å². The van der Waals surface area contributed by atoms with Crippen molar-refractivity contribution in [2.75, 3.05) is 19.6 Å². The van der Waals surface area contributed by atoms with E-state index in [1.807, 2.05) is 55.5 Å². The Kier molecular flexibility index (Phi) is 5.86. The molecular weight excluding hydrogens is 392 g/mol. The van der Waals surface area contributed by atoms with Crippen molar-refractivity contribution in [2.45, 2.75) is 25.3 Å². The number of amides is 4. The summed E-state index contributed by atoms with van der Waals surface area (Å²) in [4.78, 5) is 39.3. The fraction of sp³-hybridized carbons (Fsp3) is 0.292. The summed E-state index contributed by atoms with van der Waals surface area (Å²) in [6, 6.07) is 18.7. The Labute approximate surface area is 181 Å². The number of carbonyl (C=O) groups excluding carboxylic acids is 3. The maximum Gasteiger partial charge on any atom is 0.344 e. The molecule has 31 heavy (non-hydrogen) atoms. The van der Waals surface area contributed by atoms with E-state index in [1.54, 1.807) is 0 Å². The van der Waals surface area contributed by atoms with Gasteiger partial charge in [0.15, 0.2) is 6.54 Å². The Balaban J connectivity index is 1.38. The van der Waals surface area contributed by atoms with Crippen molar-refractivity contribution in [1.82, 2.24) is 15.8 Å². The Morgan fingerprint density at radius 1 is 1.10 bits per heavy atom. The molecule has 4 amide bonds. The second-order valence-electron chi connectivity index (χ2n) is 7.96. The lowest BCUT2D eigenvalue weighted by Crippen LogP contribution is -3.13. The van der Waals surface area contributed by atoms with Crippen molar-refractivity contribution in [1.29, 1.82) is 0 Å². The lowest BCUT2D eigenvalue weighted by molar-refractivity contribution is -0.886. The molecule has 160 valence electrons. The molecule has 1 fully saturated rings. The van der Waals surface area contributed by atoms with Crippen molar-refractivity contribution in [3.05, 3.63) is 77.9 Å². The second kappa shape index (κ2) is 8.73. The molecule has 0 bridgehead atoms. The fourth-order valence-corrected chi connectivity index (χ4v) is 4.29. The van der Waals surface area contributed by atoms with E-state index in [0.717, 1.165) is 29.4 Å². The molecule has 0 spiro atoms. The molecule has 2 heterocycles. The summed E-state index contributed by atoms with van der Waals surface area (Å²) in [5.74, 6) is -0.811. The SMILES string of the molecule is CC[C@@]1(c2ccccc2)NC(=O)N(NC(=O)C[NH+]2CC=C(c3ccccc3)CC2)C1=O. The monoisotopic (exact) mass is 419 g/mol. The van der Waals surface area contributed by atoms with Crippen LogP contribution >= 0.6 is 0 Å². The molecule has 0 aliphatic carbocycles. The summed E-state index contributed by atoms with van der Waals surface area (Å²) in [6.45, 7) is 3.57. The standard InChI is InChI=1S/C24H26N4O3/c1-2-24(20-11-7-4-8-12-20)22(30)28(23(31)25-24)26-21(29)17-27-15-13-19(14-16-27)18-9-5-3-6-10-18/h3-13H,2,14-17H2,1H3,(H,25,31)(H,26,29)/p+1/t24-/m0/s1. The predicted octanol–water partition coefficient (Wildman–Crippen LogP) is 1.25. The number of nitrogens with one attached hydrogen (secondary N) is 3. The van der Waals surface area contributed by atoms with Crippen LogP contribution in [0.5, 0.6) is 0 Å². The number of hydrazine groups is 1. The van der Waals surface area contributed by atoms with Gasteiger partial charge < -0.3 is 10.2 Å². The van der Waals surface area contributed by atoms with Crippen LogP contribution in [0.15, 0.2) is 66.7 Å². The minimum absolute atomic E-state index is 0.195. The van der Waals surface area contributed by atoms with E-state index in [1.165, 1.54) is 11.1 Å². The van der Waals surface area contributed by atoms with Gasteiger partial charge in [0.1, 0.15) is 5.54 Å². The van der Waals surface area contributed by atoms with Gasteiger partial charge in [-0.2, -0.15) is 5.01 Å². The number of urea groups is 1. The molecule has 2 atom stereocenters. The molecule has 7 nitrogen and oxygen atoms in total. The maximum absolute atomic E-state index is 13.1. The van der Waals surface area contributed by atoms with Crippen molar-refractivity contribution >= 4 is 23.4 Å². The van der Waals surface area contributed by atoms with Crippen LogP contribution in [0.25, 0.3) is 5.57 Å². The molecule has 3 N–H and O–H groups in total. The quantitative estimate of drug-likeness (QED) is 0.617. The topological polar surface area (TPSA) is 83.0 Å². The summed E-state index contributed by atoms with van der Waals surface area (Å²) in [6.07, 6.45) is 3.42. The third-order valence-corrected chi connectivity index (χ3v) is 6.07. The Morgan fingerprint density at radius 2 is 1.77 bits per heavy atom. The van der Waals surface area contributed by atoms with E-state index in [0.29, 0.717) is 12.0 Å². The van der Waals surface area contributed by atoms with E-state index in [9.17, 15) is 14.4 Å². The van der Waals surface area contributed by atoms with E-state index in [2.05, 4.69) is 29.0 Å². The minimum Gasteiger partial charge on any atom is -0.324 e. The highest BCUT2D eigenvalue weighted by molar-refractivity contribution is 6.08. The van der Waals surface area contributed by atoms with Gasteiger partial charge >= 0.3 is 6.03 Å². The number of rotatable bonds is 6. The van der Waals surface area contributed by atoms with E-state index in [4.69, 9.17) is 0 Å². The number of quaternary nitrogens is 1. The molecule has 2 aromatic rings. The largest absolute Gasteiger partial charge is 0.344 e. The third kappa shape index (κ3) is 4.09. The lowest BCUT2D eigenvalue weighted by Gasteiger charge is -2.26. The number of hydrogen-bond donors (Lipinski definition) is 3. The van der Waals surface area contributed by atoms with Crippen LogP contribution in [0.4, 0.5) is 4.79 Å². The molecule has 2 aliphatic heterocycles. The zero-order valence-corrected chi connectivity index (χ0v) is 17.6. The molecule has 2 aliphatic rings. The van der Waals surface area contributed by atoms with Gasteiger partial charge in [-0.05, 0) is 29.2 Å². The molecule has 1 unspecified atom stereocenters. The molecule has 0 saturated carbocycles. The van der Waals surface area contributed by atoms with E-state index < -0.39 is 17.5 Å². The van der Waals surface area contributed by atoms with Crippen LogP contribution in [0.3, 0.4) is 0 Å². The molecular formula is C24H27N4O3+. The first-order chi connectivity index (χ1) is 15.0. The Bertz CT molecular complexity index is 1010. The summed E-state index contributed by atoms with van der Waals surface area (Å²) in [5.41, 5.74) is 4.56. The molecule has 1 saturated heterocycles. The normalized spacial score (nSPS) is 23.3. The van der Waals surface area contributed by atoms with Crippen LogP contribution in [0.1, 0.15) is 30.9 Å². The van der Waals surface area contributed by atoms with Gasteiger partial charge in [-0.1, -0.05) is 67.6 Å². The van der Waals surface area contributed by atoms with Crippen LogP contribution in [-0.2, 0) is 15.1 Å². The smallest absolute Gasteiger partial charge is 0.324 e. The average Bonchev–Trinajstić information content (AvgIpc) is 3.06. The number of carbonyl (C=O) groups is 3. The van der Waals surface area contributed by atoms with Gasteiger partial charge in [0.2, 0.25) is 0 Å². The predicted molar refractivity (Wildman–Crippen MR) is 117 cm³/mol. The molecule has 2 aromatic carbocycles. The molecule has 0 radical (unpaired) electrons. The van der Waals surface area contributed by atoms with E-state index in [-0.39, 0.29) is 12.5 Å². The maximum atomic E-state index is 13.1. The van der Waals surface area contributed by atoms with Crippen LogP contribution in [-0.4, -0.2) is 42.5 Å². The zero-order chi connectivity index (χ0) is 21.8. The Hall–Kier alpha value is -3.45. The lowest BCUT2D eigenvalue weighted by atomic mass is 9.87. The van der Waals surface area contributed by atoms with Gasteiger partial charge in [0.05, 0.1) is 13.1 Å². The summed E-state index contributed by atoms with van der Waals surface area (Å²) < 4.78 is 0.